The number of imidazole rings is 1. The number of tetrazole rings is 1. The molecule has 1 N–H and O–H groups in total. The lowest BCUT2D eigenvalue weighted by Gasteiger charge is -2.36. The summed E-state index contributed by atoms with van der Waals surface area (Å²) < 4.78 is 20.5. The Bertz CT molecular complexity index is 1590. The summed E-state index contributed by atoms with van der Waals surface area (Å²) in [6, 6.07) is 15.4. The number of H-pyrrole nitrogens is 1. The minimum Gasteiger partial charge on any atom is -0.486 e. The second kappa shape index (κ2) is 8.93. The number of likely N-dealkylation sites (tertiary alicyclic amines) is 1. The monoisotopic (exact) mass is 499 g/mol. The number of aromatic amines is 1. The predicted molar refractivity (Wildman–Crippen MR) is 133 cm³/mol. The molecule has 2 aliphatic heterocycles. The molecule has 7 rings (SSSR count). The Labute approximate surface area is 211 Å². The van der Waals surface area contributed by atoms with E-state index in [-0.39, 0.29) is 17.8 Å². The van der Waals surface area contributed by atoms with Crippen molar-refractivity contribution < 1.29 is 13.9 Å². The van der Waals surface area contributed by atoms with Crippen LogP contribution < -0.4 is 15.2 Å². The van der Waals surface area contributed by atoms with E-state index < -0.39 is 0 Å². The molecule has 0 bridgehead atoms. The Hall–Kier alpha value is -4.38. The average molecular weight is 500 g/mol. The summed E-state index contributed by atoms with van der Waals surface area (Å²) in [5.74, 6) is 2.07. The molecule has 1 saturated heterocycles. The molecule has 1 fully saturated rings. The molecule has 37 heavy (non-hydrogen) atoms. The van der Waals surface area contributed by atoms with Crippen molar-refractivity contribution in [2.24, 2.45) is 0 Å². The van der Waals surface area contributed by atoms with Gasteiger partial charge < -0.3 is 18.9 Å². The zero-order valence-electron chi connectivity index (χ0n) is 20.0. The smallest absolute Gasteiger partial charge is 0.326 e. The van der Waals surface area contributed by atoms with E-state index in [0.29, 0.717) is 30.5 Å². The first-order valence-electron chi connectivity index (χ1n) is 12.4. The quantitative estimate of drug-likeness (QED) is 0.392. The molecule has 188 valence electrons. The lowest BCUT2D eigenvalue weighted by Crippen LogP contribution is -2.40. The number of aromatic nitrogens is 6. The molecule has 2 aromatic carbocycles. The number of nitrogens with one attached hydrogen (secondary N) is 1. The summed E-state index contributed by atoms with van der Waals surface area (Å²) in [7, 11) is 0. The molecule has 2 aliphatic rings. The third-order valence-electron chi connectivity index (χ3n) is 7.22. The second-order valence-corrected chi connectivity index (χ2v) is 9.32. The summed E-state index contributed by atoms with van der Waals surface area (Å²) in [5.41, 5.74) is 3.51. The van der Waals surface area contributed by atoms with E-state index in [2.05, 4.69) is 25.4 Å². The fraction of sp³-hybridized carbons (Fsp3) is 0.308. The van der Waals surface area contributed by atoms with Crippen molar-refractivity contribution in [2.45, 2.75) is 24.9 Å². The molecule has 11 nitrogen and oxygen atoms in total. The molecule has 0 saturated carbocycles. The van der Waals surface area contributed by atoms with Crippen molar-refractivity contribution in [3.8, 4) is 17.2 Å². The summed E-state index contributed by atoms with van der Waals surface area (Å²) in [6.45, 7) is 2.57. The normalized spacial score (nSPS) is 17.3. The first-order chi connectivity index (χ1) is 18.3. The van der Waals surface area contributed by atoms with E-state index in [0.717, 1.165) is 48.2 Å². The van der Waals surface area contributed by atoms with Gasteiger partial charge in [0, 0.05) is 30.8 Å². The SMILES string of the molecule is O=c1[nH]c2ccccc2n1C1CCN(C(c2ccoc2)c2nnnn2-c2ccc3c(c2)OCCO3)CC1. The standard InChI is InChI=1S/C26H25N7O4/c34-26-27-20-3-1-2-4-21(20)32(26)18-7-10-31(11-8-18)24(17-9-12-35-16-17)25-28-29-30-33(25)19-5-6-22-23(15-19)37-14-13-36-22/h1-6,9,12,15-16,18,24H,7-8,10-11,13-14H2,(H,27,34). The third-order valence-corrected chi connectivity index (χ3v) is 7.22. The minimum atomic E-state index is -0.220. The number of piperidine rings is 1. The van der Waals surface area contributed by atoms with E-state index in [1.165, 1.54) is 0 Å². The molecule has 1 unspecified atom stereocenters. The fourth-order valence-electron chi connectivity index (χ4n) is 5.50. The van der Waals surface area contributed by atoms with Crippen LogP contribution in [0.3, 0.4) is 0 Å². The fourth-order valence-corrected chi connectivity index (χ4v) is 5.50. The number of hydrogen-bond donors (Lipinski definition) is 1. The number of rotatable bonds is 5. The molecule has 5 aromatic rings. The van der Waals surface area contributed by atoms with Gasteiger partial charge in [0.2, 0.25) is 0 Å². The highest BCUT2D eigenvalue weighted by Gasteiger charge is 2.33. The van der Waals surface area contributed by atoms with Crippen LogP contribution in [0.15, 0.2) is 70.3 Å². The Balaban J connectivity index is 1.20. The van der Waals surface area contributed by atoms with Crippen molar-refractivity contribution in [3.05, 3.63) is 82.9 Å². The molecule has 0 spiro atoms. The van der Waals surface area contributed by atoms with Crippen molar-refractivity contribution >= 4 is 11.0 Å². The molecular formula is C26H25N7O4. The number of benzene rings is 2. The molecular weight excluding hydrogens is 474 g/mol. The van der Waals surface area contributed by atoms with Gasteiger partial charge in [-0.1, -0.05) is 12.1 Å². The minimum absolute atomic E-state index is 0.0615. The topological polar surface area (TPSA) is 116 Å². The number of para-hydroxylation sites is 2. The second-order valence-electron chi connectivity index (χ2n) is 9.32. The van der Waals surface area contributed by atoms with Crippen LogP contribution in [-0.4, -0.2) is 61.0 Å². The van der Waals surface area contributed by atoms with Crippen LogP contribution >= 0.6 is 0 Å². The van der Waals surface area contributed by atoms with Crippen molar-refractivity contribution in [1.29, 1.82) is 0 Å². The van der Waals surface area contributed by atoms with Crippen LogP contribution in [0.5, 0.6) is 11.5 Å². The number of nitrogens with zero attached hydrogens (tertiary/aromatic N) is 6. The number of hydrogen-bond acceptors (Lipinski definition) is 8. The van der Waals surface area contributed by atoms with E-state index >= 15 is 0 Å². The number of ether oxygens (including phenoxy) is 2. The van der Waals surface area contributed by atoms with E-state index in [4.69, 9.17) is 13.9 Å². The highest BCUT2D eigenvalue weighted by molar-refractivity contribution is 5.75. The Morgan fingerprint density at radius 1 is 1.00 bits per heavy atom. The van der Waals surface area contributed by atoms with Gasteiger partial charge in [0.1, 0.15) is 19.3 Å². The van der Waals surface area contributed by atoms with E-state index in [9.17, 15) is 4.79 Å². The number of fused-ring (bicyclic) bond motifs is 2. The van der Waals surface area contributed by atoms with E-state index in [1.807, 2.05) is 53.1 Å². The van der Waals surface area contributed by atoms with Crippen molar-refractivity contribution in [3.63, 3.8) is 0 Å². The lowest BCUT2D eigenvalue weighted by molar-refractivity contribution is 0.147. The third kappa shape index (κ3) is 3.78. The van der Waals surface area contributed by atoms with Gasteiger partial charge in [0.25, 0.3) is 0 Å². The van der Waals surface area contributed by atoms with Gasteiger partial charge >= 0.3 is 5.69 Å². The highest BCUT2D eigenvalue weighted by atomic mass is 16.6. The maximum absolute atomic E-state index is 12.8. The molecule has 3 aromatic heterocycles. The van der Waals surface area contributed by atoms with Crippen LogP contribution in [-0.2, 0) is 0 Å². The Kier molecular flexibility index (Phi) is 5.28. The largest absolute Gasteiger partial charge is 0.486 e. The van der Waals surface area contributed by atoms with E-state index in [1.54, 1.807) is 17.2 Å². The first kappa shape index (κ1) is 21.9. The maximum Gasteiger partial charge on any atom is 0.326 e. The van der Waals surface area contributed by atoms with Gasteiger partial charge in [-0.3, -0.25) is 9.47 Å². The molecule has 0 amide bonds. The van der Waals surface area contributed by atoms with Crippen LogP contribution in [0.1, 0.15) is 36.3 Å². The summed E-state index contributed by atoms with van der Waals surface area (Å²) in [6.07, 6.45) is 5.05. The summed E-state index contributed by atoms with van der Waals surface area (Å²) in [5, 5.41) is 12.8. The van der Waals surface area contributed by atoms with Gasteiger partial charge in [-0.05, 0) is 53.6 Å². The summed E-state index contributed by atoms with van der Waals surface area (Å²) >= 11 is 0. The van der Waals surface area contributed by atoms with Gasteiger partial charge in [-0.2, -0.15) is 4.68 Å². The Morgan fingerprint density at radius 3 is 2.68 bits per heavy atom. The van der Waals surface area contributed by atoms with Crippen LogP contribution in [0.25, 0.3) is 16.7 Å². The maximum atomic E-state index is 12.8. The highest BCUT2D eigenvalue weighted by Crippen LogP contribution is 2.36. The van der Waals surface area contributed by atoms with Crippen LogP contribution in [0.2, 0.25) is 0 Å². The van der Waals surface area contributed by atoms with Crippen LogP contribution in [0, 0.1) is 0 Å². The molecule has 1 atom stereocenters. The Morgan fingerprint density at radius 2 is 1.84 bits per heavy atom. The van der Waals surface area contributed by atoms with Gasteiger partial charge in [0.15, 0.2) is 17.3 Å². The zero-order chi connectivity index (χ0) is 24.8. The first-order valence-corrected chi connectivity index (χ1v) is 12.4. The van der Waals surface area contributed by atoms with Gasteiger partial charge in [0.05, 0.1) is 29.2 Å². The lowest BCUT2D eigenvalue weighted by atomic mass is 9.99. The molecule has 0 aliphatic carbocycles. The molecule has 5 heterocycles. The van der Waals surface area contributed by atoms with Crippen molar-refractivity contribution in [1.82, 2.24) is 34.7 Å². The number of furan rings is 1. The van der Waals surface area contributed by atoms with Crippen molar-refractivity contribution in [2.75, 3.05) is 26.3 Å². The average Bonchev–Trinajstić information content (AvgIpc) is 3.70. The van der Waals surface area contributed by atoms with Crippen LogP contribution in [0.4, 0.5) is 0 Å². The van der Waals surface area contributed by atoms with Gasteiger partial charge in [-0.15, -0.1) is 5.10 Å². The summed E-state index contributed by atoms with van der Waals surface area (Å²) in [4.78, 5) is 18.1. The molecule has 11 heteroatoms. The zero-order valence-corrected chi connectivity index (χ0v) is 20.0. The molecule has 0 radical (unpaired) electrons. The predicted octanol–water partition coefficient (Wildman–Crippen LogP) is 3.10. The van der Waals surface area contributed by atoms with Gasteiger partial charge in [-0.25, -0.2) is 4.79 Å².